The molecule has 4 heteroatoms. The van der Waals surface area contributed by atoms with Crippen molar-refractivity contribution in [2.45, 2.75) is 30.5 Å². The van der Waals surface area contributed by atoms with Crippen LogP contribution in [-0.2, 0) is 0 Å². The zero-order valence-electron chi connectivity index (χ0n) is 8.33. The highest BCUT2D eigenvalue weighted by molar-refractivity contribution is 9.10. The van der Waals surface area contributed by atoms with Crippen molar-refractivity contribution >= 4 is 27.7 Å². The number of aliphatic hydroxyl groups is 1. The van der Waals surface area contributed by atoms with Crippen LogP contribution in [0.4, 0.5) is 0 Å². The minimum Gasteiger partial charge on any atom is -0.396 e. The van der Waals surface area contributed by atoms with Crippen molar-refractivity contribution in [1.29, 1.82) is 0 Å². The molecule has 0 aliphatic heterocycles. The van der Waals surface area contributed by atoms with Crippen molar-refractivity contribution in [3.05, 3.63) is 22.3 Å². The van der Waals surface area contributed by atoms with Gasteiger partial charge in [0.1, 0.15) is 5.03 Å². The molecule has 0 saturated carbocycles. The molecule has 1 N–H and O–H groups in total. The van der Waals surface area contributed by atoms with Crippen molar-refractivity contribution in [2.75, 3.05) is 6.61 Å². The topological polar surface area (TPSA) is 33.1 Å². The van der Waals surface area contributed by atoms with Crippen LogP contribution in [0.2, 0.25) is 0 Å². The summed E-state index contributed by atoms with van der Waals surface area (Å²) < 4.78 is 1.06. The van der Waals surface area contributed by atoms with Gasteiger partial charge < -0.3 is 5.11 Å². The summed E-state index contributed by atoms with van der Waals surface area (Å²) >= 11 is 5.20. The first-order valence-electron chi connectivity index (χ1n) is 4.53. The Labute approximate surface area is 97.3 Å². The second-order valence-corrected chi connectivity index (χ2v) is 5.41. The summed E-state index contributed by atoms with van der Waals surface area (Å²) in [6, 6.07) is 1.98. The third kappa shape index (κ3) is 3.26. The molecule has 0 amide bonds. The van der Waals surface area contributed by atoms with Gasteiger partial charge in [-0.25, -0.2) is 4.98 Å². The van der Waals surface area contributed by atoms with Gasteiger partial charge in [0.15, 0.2) is 0 Å². The fourth-order valence-corrected chi connectivity index (χ4v) is 2.53. The molecular formula is C10H14BrNOS. The first-order valence-corrected chi connectivity index (χ1v) is 6.21. The van der Waals surface area contributed by atoms with E-state index in [1.807, 2.05) is 19.2 Å². The lowest BCUT2D eigenvalue weighted by Crippen LogP contribution is -2.00. The van der Waals surface area contributed by atoms with E-state index >= 15 is 0 Å². The molecular weight excluding hydrogens is 262 g/mol. The van der Waals surface area contributed by atoms with Crippen molar-refractivity contribution in [3.63, 3.8) is 0 Å². The molecule has 0 aromatic carbocycles. The normalized spacial score (nSPS) is 12.9. The maximum atomic E-state index is 8.79. The van der Waals surface area contributed by atoms with E-state index in [0.717, 1.165) is 15.9 Å². The summed E-state index contributed by atoms with van der Waals surface area (Å²) in [5.74, 6) is 0. The van der Waals surface area contributed by atoms with Crippen LogP contribution in [0.25, 0.3) is 0 Å². The second-order valence-electron chi connectivity index (χ2n) is 3.19. The summed E-state index contributed by atoms with van der Waals surface area (Å²) in [6.45, 7) is 4.38. The van der Waals surface area contributed by atoms with Gasteiger partial charge in [0.25, 0.3) is 0 Å². The molecule has 1 heterocycles. The molecule has 1 rings (SSSR count). The molecule has 1 atom stereocenters. The van der Waals surface area contributed by atoms with Gasteiger partial charge in [0.05, 0.1) is 4.47 Å². The number of aryl methyl sites for hydroxylation is 1. The van der Waals surface area contributed by atoms with E-state index < -0.39 is 0 Å². The number of aromatic nitrogens is 1. The Morgan fingerprint density at radius 1 is 1.64 bits per heavy atom. The quantitative estimate of drug-likeness (QED) is 0.858. The number of thioether (sulfide) groups is 1. The third-order valence-corrected chi connectivity index (χ3v) is 4.33. The van der Waals surface area contributed by atoms with Crippen LogP contribution in [0.1, 0.15) is 18.9 Å². The molecule has 1 aromatic heterocycles. The highest BCUT2D eigenvalue weighted by Crippen LogP contribution is 2.31. The van der Waals surface area contributed by atoms with Gasteiger partial charge in [0, 0.05) is 18.1 Å². The van der Waals surface area contributed by atoms with E-state index in [4.69, 9.17) is 5.11 Å². The summed E-state index contributed by atoms with van der Waals surface area (Å²) in [5.41, 5.74) is 1.19. The predicted molar refractivity (Wildman–Crippen MR) is 63.7 cm³/mol. The van der Waals surface area contributed by atoms with Crippen LogP contribution in [0.5, 0.6) is 0 Å². The molecule has 1 aromatic rings. The van der Waals surface area contributed by atoms with Crippen LogP contribution in [-0.4, -0.2) is 21.9 Å². The van der Waals surface area contributed by atoms with E-state index in [1.165, 1.54) is 5.56 Å². The van der Waals surface area contributed by atoms with E-state index in [1.54, 1.807) is 11.8 Å². The summed E-state index contributed by atoms with van der Waals surface area (Å²) in [5, 5.41) is 10.2. The molecule has 0 radical (unpaired) electrons. The van der Waals surface area contributed by atoms with E-state index in [-0.39, 0.29) is 6.61 Å². The average molecular weight is 276 g/mol. The van der Waals surface area contributed by atoms with Gasteiger partial charge in [0.2, 0.25) is 0 Å². The van der Waals surface area contributed by atoms with E-state index in [0.29, 0.717) is 5.25 Å². The summed E-state index contributed by atoms with van der Waals surface area (Å²) in [6.07, 6.45) is 2.61. The van der Waals surface area contributed by atoms with Crippen molar-refractivity contribution in [1.82, 2.24) is 4.98 Å². The molecule has 0 fully saturated rings. The van der Waals surface area contributed by atoms with Crippen LogP contribution in [0.3, 0.4) is 0 Å². The fraction of sp³-hybridized carbons (Fsp3) is 0.500. The molecule has 0 bridgehead atoms. The van der Waals surface area contributed by atoms with Crippen molar-refractivity contribution < 1.29 is 5.11 Å². The Hall–Kier alpha value is -0.0600. The number of hydrogen-bond acceptors (Lipinski definition) is 3. The van der Waals surface area contributed by atoms with E-state index in [2.05, 4.69) is 27.8 Å². The SMILES string of the molecule is Cc1ccnc(SC(C)CCO)c1Br. The number of pyridine rings is 1. The number of hydrogen-bond donors (Lipinski definition) is 1. The van der Waals surface area contributed by atoms with Gasteiger partial charge in [-0.3, -0.25) is 0 Å². The third-order valence-electron chi connectivity index (χ3n) is 1.90. The number of aliphatic hydroxyl groups excluding tert-OH is 1. The second kappa shape index (κ2) is 5.73. The maximum absolute atomic E-state index is 8.79. The van der Waals surface area contributed by atoms with Crippen LogP contribution in [0.15, 0.2) is 21.8 Å². The minimum atomic E-state index is 0.234. The van der Waals surface area contributed by atoms with Crippen molar-refractivity contribution in [2.24, 2.45) is 0 Å². The monoisotopic (exact) mass is 275 g/mol. The molecule has 0 aliphatic carbocycles. The number of halogens is 1. The molecule has 0 aliphatic rings. The van der Waals surface area contributed by atoms with Gasteiger partial charge in [-0.15, -0.1) is 11.8 Å². The lowest BCUT2D eigenvalue weighted by atomic mass is 10.3. The van der Waals surface area contributed by atoms with Crippen LogP contribution >= 0.6 is 27.7 Å². The van der Waals surface area contributed by atoms with Gasteiger partial charge in [-0.05, 0) is 40.9 Å². The lowest BCUT2D eigenvalue weighted by Gasteiger charge is -2.10. The van der Waals surface area contributed by atoms with Crippen molar-refractivity contribution in [3.8, 4) is 0 Å². The first kappa shape index (κ1) is 12.0. The average Bonchev–Trinajstić information content (AvgIpc) is 2.13. The van der Waals surface area contributed by atoms with Gasteiger partial charge in [-0.2, -0.15) is 0 Å². The fourth-order valence-electron chi connectivity index (χ4n) is 1.03. The first-order chi connectivity index (χ1) is 6.65. The Bertz CT molecular complexity index is 306. The Morgan fingerprint density at radius 2 is 2.36 bits per heavy atom. The smallest absolute Gasteiger partial charge is 0.111 e. The van der Waals surface area contributed by atoms with Gasteiger partial charge >= 0.3 is 0 Å². The summed E-state index contributed by atoms with van der Waals surface area (Å²) in [4.78, 5) is 4.30. The number of nitrogens with zero attached hydrogens (tertiary/aromatic N) is 1. The molecule has 78 valence electrons. The standard InChI is InChI=1S/C10H14BrNOS/c1-7-3-5-12-10(9(7)11)14-8(2)4-6-13/h3,5,8,13H,4,6H2,1-2H3. The van der Waals surface area contributed by atoms with Crippen LogP contribution < -0.4 is 0 Å². The largest absolute Gasteiger partial charge is 0.396 e. The molecule has 1 unspecified atom stereocenters. The Morgan fingerprint density at radius 3 is 3.00 bits per heavy atom. The van der Waals surface area contributed by atoms with E-state index in [9.17, 15) is 0 Å². The molecule has 14 heavy (non-hydrogen) atoms. The van der Waals surface area contributed by atoms with Crippen LogP contribution in [0, 0.1) is 6.92 Å². The highest BCUT2D eigenvalue weighted by atomic mass is 79.9. The zero-order chi connectivity index (χ0) is 10.6. The number of rotatable bonds is 4. The summed E-state index contributed by atoms with van der Waals surface area (Å²) in [7, 11) is 0. The Balaban J connectivity index is 2.71. The lowest BCUT2D eigenvalue weighted by molar-refractivity contribution is 0.289. The minimum absolute atomic E-state index is 0.234. The predicted octanol–water partition coefficient (Wildman–Crippen LogP) is 3.02. The molecule has 2 nitrogen and oxygen atoms in total. The molecule has 0 spiro atoms. The maximum Gasteiger partial charge on any atom is 0.111 e. The zero-order valence-corrected chi connectivity index (χ0v) is 10.7. The molecule has 0 saturated heterocycles. The Kier molecular flexibility index (Phi) is 4.92. The highest BCUT2D eigenvalue weighted by Gasteiger charge is 2.09. The van der Waals surface area contributed by atoms with Gasteiger partial charge in [-0.1, -0.05) is 6.92 Å².